The summed E-state index contributed by atoms with van der Waals surface area (Å²) in [5, 5.41) is 10.3. The van der Waals surface area contributed by atoms with E-state index in [9.17, 15) is 9.90 Å². The lowest BCUT2D eigenvalue weighted by Gasteiger charge is -2.22. The van der Waals surface area contributed by atoms with Gasteiger partial charge in [-0.3, -0.25) is 9.78 Å². The van der Waals surface area contributed by atoms with Crippen LogP contribution in [-0.4, -0.2) is 16.0 Å². The van der Waals surface area contributed by atoms with Gasteiger partial charge in [0.1, 0.15) is 5.69 Å². The molecule has 0 radical (unpaired) electrons. The van der Waals surface area contributed by atoms with Crippen LogP contribution in [0.2, 0.25) is 0 Å². The standard InChI is InChI=1S/C11H14N2O2/c12-10(14)9-7-8(3-6-13-9)11(15)4-1-2-5-11/h3,6-7,15H,1-2,4-5H2,(H2,12,14). The fourth-order valence-corrected chi connectivity index (χ4v) is 2.10. The van der Waals surface area contributed by atoms with Gasteiger partial charge >= 0.3 is 0 Å². The molecule has 1 heterocycles. The summed E-state index contributed by atoms with van der Waals surface area (Å²) >= 11 is 0. The second kappa shape index (κ2) is 3.62. The highest BCUT2D eigenvalue weighted by atomic mass is 16.3. The number of rotatable bonds is 2. The van der Waals surface area contributed by atoms with E-state index in [1.165, 1.54) is 6.20 Å². The van der Waals surface area contributed by atoms with Crippen LogP contribution in [0.15, 0.2) is 18.3 Å². The number of primary amides is 1. The highest BCUT2D eigenvalue weighted by Crippen LogP contribution is 2.38. The first-order valence-electron chi connectivity index (χ1n) is 5.10. The Morgan fingerprint density at radius 2 is 2.13 bits per heavy atom. The molecule has 15 heavy (non-hydrogen) atoms. The van der Waals surface area contributed by atoms with Crippen molar-refractivity contribution < 1.29 is 9.90 Å². The van der Waals surface area contributed by atoms with E-state index in [1.807, 2.05) is 0 Å². The molecule has 3 N–H and O–H groups in total. The summed E-state index contributed by atoms with van der Waals surface area (Å²) < 4.78 is 0. The predicted molar refractivity (Wildman–Crippen MR) is 55.1 cm³/mol. The summed E-state index contributed by atoms with van der Waals surface area (Å²) in [7, 11) is 0. The Bertz CT molecular complexity index is 384. The maximum Gasteiger partial charge on any atom is 0.267 e. The Balaban J connectivity index is 2.36. The predicted octanol–water partition coefficient (Wildman–Crippen LogP) is 0.942. The molecular weight excluding hydrogens is 192 g/mol. The van der Waals surface area contributed by atoms with Gasteiger partial charge in [-0.15, -0.1) is 0 Å². The van der Waals surface area contributed by atoms with E-state index < -0.39 is 11.5 Å². The number of carbonyl (C=O) groups is 1. The third-order valence-electron chi connectivity index (χ3n) is 2.98. The minimum atomic E-state index is -0.785. The van der Waals surface area contributed by atoms with Crippen LogP contribution in [0.3, 0.4) is 0 Å². The summed E-state index contributed by atoms with van der Waals surface area (Å²) in [6.45, 7) is 0. The van der Waals surface area contributed by atoms with E-state index >= 15 is 0 Å². The fraction of sp³-hybridized carbons (Fsp3) is 0.455. The molecule has 1 saturated carbocycles. The van der Waals surface area contributed by atoms with Gasteiger partial charge in [-0.25, -0.2) is 0 Å². The molecule has 0 unspecified atom stereocenters. The van der Waals surface area contributed by atoms with E-state index in [1.54, 1.807) is 12.1 Å². The smallest absolute Gasteiger partial charge is 0.267 e. The fourth-order valence-electron chi connectivity index (χ4n) is 2.10. The number of aromatic nitrogens is 1. The molecule has 0 aromatic carbocycles. The quantitative estimate of drug-likeness (QED) is 0.756. The van der Waals surface area contributed by atoms with Crippen LogP contribution < -0.4 is 5.73 Å². The van der Waals surface area contributed by atoms with Crippen molar-refractivity contribution in [2.24, 2.45) is 5.73 Å². The van der Waals surface area contributed by atoms with Crippen molar-refractivity contribution in [2.75, 3.05) is 0 Å². The number of amides is 1. The molecule has 1 aliphatic rings. The van der Waals surface area contributed by atoms with Crippen LogP contribution in [-0.2, 0) is 5.60 Å². The first-order valence-corrected chi connectivity index (χ1v) is 5.10. The molecule has 4 nitrogen and oxygen atoms in total. The number of pyridine rings is 1. The zero-order chi connectivity index (χ0) is 10.9. The van der Waals surface area contributed by atoms with E-state index in [-0.39, 0.29) is 5.69 Å². The zero-order valence-electron chi connectivity index (χ0n) is 8.44. The molecule has 80 valence electrons. The van der Waals surface area contributed by atoms with Gasteiger partial charge in [0.05, 0.1) is 5.60 Å². The molecule has 1 aliphatic carbocycles. The molecule has 0 spiro atoms. The average Bonchev–Trinajstić information content (AvgIpc) is 2.67. The number of carbonyl (C=O) groups excluding carboxylic acids is 1. The van der Waals surface area contributed by atoms with Crippen molar-refractivity contribution in [1.29, 1.82) is 0 Å². The molecule has 1 aromatic heterocycles. The highest BCUT2D eigenvalue weighted by Gasteiger charge is 2.33. The maximum absolute atomic E-state index is 11.0. The zero-order valence-corrected chi connectivity index (χ0v) is 8.44. The third-order valence-corrected chi connectivity index (χ3v) is 2.98. The lowest BCUT2D eigenvalue weighted by Crippen LogP contribution is -2.22. The van der Waals surface area contributed by atoms with Crippen molar-refractivity contribution in [3.05, 3.63) is 29.6 Å². The molecular formula is C11H14N2O2. The van der Waals surface area contributed by atoms with Gasteiger partial charge < -0.3 is 10.8 Å². The van der Waals surface area contributed by atoms with Crippen molar-refractivity contribution in [3.63, 3.8) is 0 Å². The normalized spacial score (nSPS) is 19.0. The maximum atomic E-state index is 11.0. The minimum Gasteiger partial charge on any atom is -0.385 e. The van der Waals surface area contributed by atoms with Gasteiger partial charge in [0.15, 0.2) is 0 Å². The van der Waals surface area contributed by atoms with Gasteiger partial charge in [-0.2, -0.15) is 0 Å². The van der Waals surface area contributed by atoms with Crippen LogP contribution in [0, 0.1) is 0 Å². The molecule has 0 atom stereocenters. The van der Waals surface area contributed by atoms with E-state index in [2.05, 4.69) is 4.98 Å². The van der Waals surface area contributed by atoms with Crippen molar-refractivity contribution in [2.45, 2.75) is 31.3 Å². The largest absolute Gasteiger partial charge is 0.385 e. The molecule has 1 aromatic rings. The summed E-state index contributed by atoms with van der Waals surface area (Å²) in [5.41, 5.74) is 5.33. The Hall–Kier alpha value is -1.42. The Morgan fingerprint density at radius 3 is 2.73 bits per heavy atom. The van der Waals surface area contributed by atoms with Crippen LogP contribution in [0.1, 0.15) is 41.7 Å². The van der Waals surface area contributed by atoms with Crippen LogP contribution in [0.25, 0.3) is 0 Å². The van der Waals surface area contributed by atoms with E-state index in [4.69, 9.17) is 5.73 Å². The van der Waals surface area contributed by atoms with Gasteiger partial charge in [-0.05, 0) is 30.5 Å². The van der Waals surface area contributed by atoms with E-state index in [0.717, 1.165) is 31.2 Å². The topological polar surface area (TPSA) is 76.2 Å². The summed E-state index contributed by atoms with van der Waals surface area (Å²) in [5.74, 6) is -0.557. The molecule has 0 bridgehead atoms. The Morgan fingerprint density at radius 1 is 1.47 bits per heavy atom. The number of aliphatic hydroxyl groups is 1. The highest BCUT2D eigenvalue weighted by molar-refractivity contribution is 5.90. The average molecular weight is 206 g/mol. The molecule has 1 amide bonds. The molecule has 4 heteroatoms. The van der Waals surface area contributed by atoms with E-state index in [0.29, 0.717) is 0 Å². The minimum absolute atomic E-state index is 0.216. The van der Waals surface area contributed by atoms with Crippen LogP contribution in [0.4, 0.5) is 0 Å². The lowest BCUT2D eigenvalue weighted by atomic mass is 9.92. The summed E-state index contributed by atoms with van der Waals surface area (Å²) in [4.78, 5) is 14.8. The van der Waals surface area contributed by atoms with Crippen molar-refractivity contribution in [1.82, 2.24) is 4.98 Å². The van der Waals surface area contributed by atoms with Crippen molar-refractivity contribution in [3.8, 4) is 0 Å². The molecule has 1 fully saturated rings. The Labute approximate surface area is 88.1 Å². The van der Waals surface area contributed by atoms with Gasteiger partial charge in [0, 0.05) is 6.20 Å². The number of nitrogens with zero attached hydrogens (tertiary/aromatic N) is 1. The summed E-state index contributed by atoms with van der Waals surface area (Å²) in [6.07, 6.45) is 5.05. The van der Waals surface area contributed by atoms with Gasteiger partial charge in [-0.1, -0.05) is 12.8 Å². The summed E-state index contributed by atoms with van der Waals surface area (Å²) in [6, 6.07) is 3.34. The lowest BCUT2D eigenvalue weighted by molar-refractivity contribution is 0.0443. The number of hydrogen-bond acceptors (Lipinski definition) is 3. The van der Waals surface area contributed by atoms with Crippen LogP contribution >= 0.6 is 0 Å². The SMILES string of the molecule is NC(=O)c1cc(C2(O)CCCC2)ccn1. The Kier molecular flexibility index (Phi) is 2.44. The first-order chi connectivity index (χ1) is 7.12. The second-order valence-corrected chi connectivity index (χ2v) is 4.03. The van der Waals surface area contributed by atoms with Gasteiger partial charge in [0.25, 0.3) is 5.91 Å². The molecule has 2 rings (SSSR count). The number of nitrogens with two attached hydrogens (primary N) is 1. The molecule has 0 saturated heterocycles. The van der Waals surface area contributed by atoms with Gasteiger partial charge in [0.2, 0.25) is 0 Å². The monoisotopic (exact) mass is 206 g/mol. The van der Waals surface area contributed by atoms with Crippen molar-refractivity contribution >= 4 is 5.91 Å². The second-order valence-electron chi connectivity index (χ2n) is 4.03. The third kappa shape index (κ3) is 1.85. The van der Waals surface area contributed by atoms with Crippen LogP contribution in [0.5, 0.6) is 0 Å². The number of hydrogen-bond donors (Lipinski definition) is 2. The molecule has 0 aliphatic heterocycles. The first kappa shape index (κ1) is 10.1.